The number of benzene rings is 1. The lowest BCUT2D eigenvalue weighted by Crippen LogP contribution is -2.41. The summed E-state index contributed by atoms with van der Waals surface area (Å²) in [6.45, 7) is 11.2. The van der Waals surface area contributed by atoms with E-state index < -0.39 is 0 Å². The lowest BCUT2D eigenvalue weighted by molar-refractivity contribution is 0.00578. The van der Waals surface area contributed by atoms with Gasteiger partial charge < -0.3 is 19.2 Å². The van der Waals surface area contributed by atoms with Gasteiger partial charge in [0.2, 0.25) is 0 Å². The van der Waals surface area contributed by atoms with E-state index in [0.29, 0.717) is 12.5 Å². The van der Waals surface area contributed by atoms with Crippen molar-refractivity contribution in [3.05, 3.63) is 24.3 Å². The molecule has 1 atom stereocenters. The van der Waals surface area contributed by atoms with Crippen molar-refractivity contribution in [1.82, 2.24) is 0 Å². The molecule has 0 amide bonds. The van der Waals surface area contributed by atoms with Gasteiger partial charge in [0.15, 0.2) is 0 Å². The topological polar surface area (TPSA) is 47.9 Å². The number of rotatable bonds is 8. The summed E-state index contributed by atoms with van der Waals surface area (Å²) in [7, 11) is -0.341. The van der Waals surface area contributed by atoms with Crippen molar-refractivity contribution in [3.8, 4) is 5.75 Å². The molecule has 0 aliphatic carbocycles. The van der Waals surface area contributed by atoms with E-state index in [1.165, 1.54) is 0 Å². The number of hydrogen-bond donors (Lipinski definition) is 1. The Labute approximate surface area is 146 Å². The first-order chi connectivity index (χ1) is 11.3. The third-order valence-corrected chi connectivity index (χ3v) is 5.13. The van der Waals surface area contributed by atoms with E-state index in [4.69, 9.17) is 19.2 Å². The standard InChI is InChI=1S/C19H31BO4/c1-6-7-15(12-13-21)14-22-17-10-8-16(9-11-17)20-23-18(2,3)19(4,5)24-20/h8-11,15,21H,6-7,12-14H2,1-5H3. The highest BCUT2D eigenvalue weighted by molar-refractivity contribution is 6.62. The van der Waals surface area contributed by atoms with Gasteiger partial charge in [-0.2, -0.15) is 0 Å². The summed E-state index contributed by atoms with van der Waals surface area (Å²) in [6, 6.07) is 7.92. The van der Waals surface area contributed by atoms with Crippen molar-refractivity contribution >= 4 is 12.6 Å². The molecule has 0 radical (unpaired) electrons. The maximum atomic E-state index is 9.12. The normalized spacial score (nSPS) is 20.2. The average molecular weight is 334 g/mol. The summed E-state index contributed by atoms with van der Waals surface area (Å²) in [6.07, 6.45) is 2.97. The Morgan fingerprint density at radius 3 is 2.12 bits per heavy atom. The molecule has 1 N–H and O–H groups in total. The van der Waals surface area contributed by atoms with Gasteiger partial charge in [0, 0.05) is 6.61 Å². The molecular formula is C19H31BO4. The van der Waals surface area contributed by atoms with Crippen molar-refractivity contribution in [2.24, 2.45) is 5.92 Å². The predicted molar refractivity (Wildman–Crippen MR) is 97.8 cm³/mol. The lowest BCUT2D eigenvalue weighted by atomic mass is 9.79. The van der Waals surface area contributed by atoms with Gasteiger partial charge in [-0.3, -0.25) is 0 Å². The first-order valence-corrected chi connectivity index (χ1v) is 8.98. The molecule has 1 saturated heterocycles. The lowest BCUT2D eigenvalue weighted by Gasteiger charge is -2.32. The van der Waals surface area contributed by atoms with Crippen LogP contribution in [-0.4, -0.2) is 36.6 Å². The molecule has 4 nitrogen and oxygen atoms in total. The Kier molecular flexibility index (Phi) is 6.35. The second-order valence-electron chi connectivity index (χ2n) is 7.64. The average Bonchev–Trinajstić information content (AvgIpc) is 2.74. The van der Waals surface area contributed by atoms with Crippen LogP contribution in [0.2, 0.25) is 0 Å². The van der Waals surface area contributed by atoms with E-state index in [-0.39, 0.29) is 24.9 Å². The molecule has 0 saturated carbocycles. The molecule has 5 heteroatoms. The first kappa shape index (κ1) is 19.3. The molecule has 1 aliphatic heterocycles. The molecule has 1 aromatic carbocycles. The summed E-state index contributed by atoms with van der Waals surface area (Å²) in [5, 5.41) is 9.12. The van der Waals surface area contributed by atoms with Crippen LogP contribution in [0.15, 0.2) is 24.3 Å². The van der Waals surface area contributed by atoms with E-state index in [1.807, 2.05) is 24.3 Å². The minimum atomic E-state index is -0.341. The summed E-state index contributed by atoms with van der Waals surface area (Å²) in [5.41, 5.74) is 0.344. The second-order valence-corrected chi connectivity index (χ2v) is 7.64. The molecule has 1 unspecified atom stereocenters. The fraction of sp³-hybridized carbons (Fsp3) is 0.684. The van der Waals surface area contributed by atoms with E-state index in [2.05, 4.69) is 34.6 Å². The number of hydrogen-bond acceptors (Lipinski definition) is 4. The molecule has 134 valence electrons. The zero-order valence-electron chi connectivity index (χ0n) is 15.7. The van der Waals surface area contributed by atoms with Crippen LogP contribution < -0.4 is 10.2 Å². The van der Waals surface area contributed by atoms with Crippen molar-refractivity contribution in [2.75, 3.05) is 13.2 Å². The number of aliphatic hydroxyl groups is 1. The van der Waals surface area contributed by atoms with Gasteiger partial charge in [-0.25, -0.2) is 0 Å². The van der Waals surface area contributed by atoms with Crippen LogP contribution in [0.3, 0.4) is 0 Å². The second kappa shape index (κ2) is 7.90. The van der Waals surface area contributed by atoms with Gasteiger partial charge >= 0.3 is 7.12 Å². The molecule has 2 rings (SSSR count). The Bertz CT molecular complexity index is 491. The van der Waals surface area contributed by atoms with Crippen LogP contribution in [-0.2, 0) is 9.31 Å². The van der Waals surface area contributed by atoms with E-state index in [1.54, 1.807) is 0 Å². The first-order valence-electron chi connectivity index (χ1n) is 8.98. The van der Waals surface area contributed by atoms with Crippen LogP contribution in [0.1, 0.15) is 53.9 Å². The Morgan fingerprint density at radius 2 is 1.62 bits per heavy atom. The summed E-state index contributed by atoms with van der Waals surface area (Å²) >= 11 is 0. The predicted octanol–water partition coefficient (Wildman–Crippen LogP) is 3.16. The highest BCUT2D eigenvalue weighted by Crippen LogP contribution is 2.36. The quantitative estimate of drug-likeness (QED) is 0.742. The highest BCUT2D eigenvalue weighted by Gasteiger charge is 2.51. The molecule has 1 aromatic rings. The number of aliphatic hydroxyl groups excluding tert-OH is 1. The monoisotopic (exact) mass is 334 g/mol. The van der Waals surface area contributed by atoms with Crippen molar-refractivity contribution < 1.29 is 19.2 Å². The fourth-order valence-electron chi connectivity index (χ4n) is 2.82. The van der Waals surface area contributed by atoms with Gasteiger partial charge in [-0.15, -0.1) is 0 Å². The van der Waals surface area contributed by atoms with Crippen LogP contribution in [0.25, 0.3) is 0 Å². The van der Waals surface area contributed by atoms with Crippen LogP contribution in [0, 0.1) is 5.92 Å². The van der Waals surface area contributed by atoms with Crippen molar-refractivity contribution in [3.63, 3.8) is 0 Å². The largest absolute Gasteiger partial charge is 0.494 e. The van der Waals surface area contributed by atoms with Crippen molar-refractivity contribution in [1.29, 1.82) is 0 Å². The van der Waals surface area contributed by atoms with Gasteiger partial charge in [-0.1, -0.05) is 25.5 Å². The summed E-state index contributed by atoms with van der Waals surface area (Å²) in [5.74, 6) is 1.25. The third-order valence-electron chi connectivity index (χ3n) is 5.13. The molecule has 1 aliphatic rings. The summed E-state index contributed by atoms with van der Waals surface area (Å²) < 4.78 is 18.0. The molecular weight excluding hydrogens is 303 g/mol. The van der Waals surface area contributed by atoms with E-state index in [9.17, 15) is 0 Å². The molecule has 0 aromatic heterocycles. The minimum Gasteiger partial charge on any atom is -0.493 e. The van der Waals surface area contributed by atoms with Crippen molar-refractivity contribution in [2.45, 2.75) is 65.1 Å². The van der Waals surface area contributed by atoms with E-state index >= 15 is 0 Å². The molecule has 1 fully saturated rings. The van der Waals surface area contributed by atoms with Crippen LogP contribution in [0.5, 0.6) is 5.75 Å². The Morgan fingerprint density at radius 1 is 1.04 bits per heavy atom. The molecule has 1 heterocycles. The maximum Gasteiger partial charge on any atom is 0.494 e. The Hall–Kier alpha value is -1.04. The zero-order valence-corrected chi connectivity index (χ0v) is 15.7. The molecule has 0 spiro atoms. The smallest absolute Gasteiger partial charge is 0.493 e. The van der Waals surface area contributed by atoms with Crippen LogP contribution in [0.4, 0.5) is 0 Å². The SMILES string of the molecule is CCCC(CCO)COc1ccc(B2OC(C)(C)C(C)(C)O2)cc1. The third kappa shape index (κ3) is 4.53. The van der Waals surface area contributed by atoms with Gasteiger partial charge in [0.1, 0.15) is 5.75 Å². The van der Waals surface area contributed by atoms with Gasteiger partial charge in [0.05, 0.1) is 17.8 Å². The molecule has 0 bridgehead atoms. The zero-order chi connectivity index (χ0) is 17.8. The molecule has 24 heavy (non-hydrogen) atoms. The van der Waals surface area contributed by atoms with E-state index in [0.717, 1.165) is 30.5 Å². The maximum absolute atomic E-state index is 9.12. The fourth-order valence-corrected chi connectivity index (χ4v) is 2.82. The van der Waals surface area contributed by atoms with Gasteiger partial charge in [0.25, 0.3) is 0 Å². The summed E-state index contributed by atoms with van der Waals surface area (Å²) in [4.78, 5) is 0. The number of ether oxygens (including phenoxy) is 1. The van der Waals surface area contributed by atoms with Gasteiger partial charge in [-0.05, 0) is 64.1 Å². The minimum absolute atomic E-state index is 0.217. The highest BCUT2D eigenvalue weighted by atomic mass is 16.7. The van der Waals surface area contributed by atoms with Crippen LogP contribution >= 0.6 is 0 Å². The Balaban J connectivity index is 1.94.